The molecule has 1 aromatic heterocycles. The van der Waals surface area contributed by atoms with E-state index in [1.54, 1.807) is 0 Å². The topological polar surface area (TPSA) is 28.7 Å². The molecule has 1 unspecified atom stereocenters. The van der Waals surface area contributed by atoms with Crippen LogP contribution in [-0.4, -0.2) is 10.2 Å². The minimum absolute atomic E-state index is 0.207. The second kappa shape index (κ2) is 2.52. The Kier molecular flexibility index (Phi) is 1.64. The molecule has 1 aliphatic carbocycles. The van der Waals surface area contributed by atoms with Crippen molar-refractivity contribution in [1.82, 2.24) is 10.2 Å². The van der Waals surface area contributed by atoms with Crippen molar-refractivity contribution in [2.75, 3.05) is 0 Å². The summed E-state index contributed by atoms with van der Waals surface area (Å²) in [4.78, 5) is 0. The van der Waals surface area contributed by atoms with Crippen molar-refractivity contribution >= 4 is 11.6 Å². The summed E-state index contributed by atoms with van der Waals surface area (Å²) in [5.74, 6) is 0. The van der Waals surface area contributed by atoms with Gasteiger partial charge in [0.25, 0.3) is 0 Å². The third-order valence-electron chi connectivity index (χ3n) is 2.26. The summed E-state index contributed by atoms with van der Waals surface area (Å²) in [6.45, 7) is 2.11. The molecule has 1 atom stereocenters. The van der Waals surface area contributed by atoms with Crippen molar-refractivity contribution in [2.45, 2.75) is 31.6 Å². The summed E-state index contributed by atoms with van der Waals surface area (Å²) in [5.41, 5.74) is 3.67. The SMILES string of the molecule is CCc1n[nH]c2c1C(Cl)CC2. The average molecular weight is 171 g/mol. The average Bonchev–Trinajstić information content (AvgIpc) is 2.54. The first-order chi connectivity index (χ1) is 5.33. The molecule has 3 heteroatoms. The highest BCUT2D eigenvalue weighted by atomic mass is 35.5. The van der Waals surface area contributed by atoms with Crippen LogP contribution in [0, 0.1) is 0 Å². The Hall–Kier alpha value is -0.500. The van der Waals surface area contributed by atoms with Crippen LogP contribution in [0.3, 0.4) is 0 Å². The Labute approximate surface area is 71.0 Å². The number of aromatic nitrogens is 2. The van der Waals surface area contributed by atoms with Crippen molar-refractivity contribution in [2.24, 2.45) is 0 Å². The number of H-pyrrole nitrogens is 1. The second-order valence-corrected chi connectivity index (χ2v) is 3.45. The summed E-state index contributed by atoms with van der Waals surface area (Å²) in [5, 5.41) is 7.44. The standard InChI is InChI=1S/C8H11ClN2/c1-2-6-8-5(9)3-4-7(8)11-10-6/h5H,2-4H2,1H3,(H,10,11). The number of nitrogens with zero attached hydrogens (tertiary/aromatic N) is 1. The molecule has 0 fully saturated rings. The van der Waals surface area contributed by atoms with Gasteiger partial charge in [-0.1, -0.05) is 6.92 Å². The third-order valence-corrected chi connectivity index (χ3v) is 2.69. The zero-order valence-electron chi connectivity index (χ0n) is 6.52. The van der Waals surface area contributed by atoms with Gasteiger partial charge in [-0.25, -0.2) is 0 Å². The van der Waals surface area contributed by atoms with Gasteiger partial charge in [-0.15, -0.1) is 11.6 Å². The van der Waals surface area contributed by atoms with E-state index in [-0.39, 0.29) is 5.38 Å². The first-order valence-electron chi connectivity index (χ1n) is 4.03. The highest BCUT2D eigenvalue weighted by molar-refractivity contribution is 6.21. The van der Waals surface area contributed by atoms with Gasteiger partial charge in [0.1, 0.15) is 0 Å². The Balaban J connectivity index is 2.46. The first kappa shape index (κ1) is 7.17. The van der Waals surface area contributed by atoms with Crippen molar-refractivity contribution in [1.29, 1.82) is 0 Å². The van der Waals surface area contributed by atoms with E-state index < -0.39 is 0 Å². The third kappa shape index (κ3) is 0.968. The fraction of sp³-hybridized carbons (Fsp3) is 0.625. The largest absolute Gasteiger partial charge is 0.282 e. The van der Waals surface area contributed by atoms with Crippen LogP contribution >= 0.6 is 11.6 Å². The summed E-state index contributed by atoms with van der Waals surface area (Å²) in [6, 6.07) is 0. The Morgan fingerprint density at radius 3 is 3.27 bits per heavy atom. The van der Waals surface area contributed by atoms with Crippen LogP contribution in [-0.2, 0) is 12.8 Å². The van der Waals surface area contributed by atoms with E-state index in [1.165, 1.54) is 11.3 Å². The highest BCUT2D eigenvalue weighted by Crippen LogP contribution is 2.36. The minimum atomic E-state index is 0.207. The van der Waals surface area contributed by atoms with Gasteiger partial charge < -0.3 is 0 Å². The van der Waals surface area contributed by atoms with Gasteiger partial charge in [-0.2, -0.15) is 5.10 Å². The molecule has 0 amide bonds. The molecule has 0 bridgehead atoms. The molecule has 0 aromatic carbocycles. The maximum Gasteiger partial charge on any atom is 0.0669 e. The summed E-state index contributed by atoms with van der Waals surface area (Å²) >= 11 is 6.11. The maximum absolute atomic E-state index is 6.11. The lowest BCUT2D eigenvalue weighted by molar-refractivity contribution is 0.821. The number of hydrogen-bond donors (Lipinski definition) is 1. The molecule has 1 heterocycles. The molecule has 0 saturated heterocycles. The number of aryl methyl sites for hydroxylation is 2. The normalized spacial score (nSPS) is 22.2. The van der Waals surface area contributed by atoms with Gasteiger partial charge in [0.2, 0.25) is 0 Å². The van der Waals surface area contributed by atoms with Crippen LogP contribution in [0.2, 0.25) is 0 Å². The molecule has 1 N–H and O–H groups in total. The van der Waals surface area contributed by atoms with E-state index >= 15 is 0 Å². The Bertz CT molecular complexity index is 267. The maximum atomic E-state index is 6.11. The zero-order valence-corrected chi connectivity index (χ0v) is 7.28. The van der Waals surface area contributed by atoms with E-state index in [4.69, 9.17) is 11.6 Å². The summed E-state index contributed by atoms with van der Waals surface area (Å²) < 4.78 is 0. The molecule has 0 saturated carbocycles. The summed E-state index contributed by atoms with van der Waals surface area (Å²) in [6.07, 6.45) is 3.11. The second-order valence-electron chi connectivity index (χ2n) is 2.92. The molecule has 0 aliphatic heterocycles. The first-order valence-corrected chi connectivity index (χ1v) is 4.46. The molecule has 2 nitrogen and oxygen atoms in total. The van der Waals surface area contributed by atoms with Crippen LogP contribution < -0.4 is 0 Å². The quantitative estimate of drug-likeness (QED) is 0.644. The molecular weight excluding hydrogens is 160 g/mol. The molecule has 0 spiro atoms. The van der Waals surface area contributed by atoms with Gasteiger partial charge in [0.15, 0.2) is 0 Å². The number of rotatable bonds is 1. The lowest BCUT2D eigenvalue weighted by atomic mass is 10.1. The van der Waals surface area contributed by atoms with Gasteiger partial charge in [0, 0.05) is 11.3 Å². The van der Waals surface area contributed by atoms with Gasteiger partial charge in [-0.3, -0.25) is 5.10 Å². The zero-order chi connectivity index (χ0) is 7.84. The van der Waals surface area contributed by atoms with Crippen molar-refractivity contribution in [3.8, 4) is 0 Å². The molecule has 11 heavy (non-hydrogen) atoms. The summed E-state index contributed by atoms with van der Waals surface area (Å²) in [7, 11) is 0. The molecule has 1 aromatic rings. The fourth-order valence-electron chi connectivity index (χ4n) is 1.67. The lowest BCUT2D eigenvalue weighted by Gasteiger charge is -1.99. The number of aromatic amines is 1. The number of hydrogen-bond acceptors (Lipinski definition) is 1. The van der Waals surface area contributed by atoms with Crippen molar-refractivity contribution < 1.29 is 0 Å². The predicted molar refractivity (Wildman–Crippen MR) is 44.9 cm³/mol. The van der Waals surface area contributed by atoms with E-state index in [0.29, 0.717) is 0 Å². The Morgan fingerprint density at radius 2 is 2.55 bits per heavy atom. The van der Waals surface area contributed by atoms with Crippen LogP contribution in [0.4, 0.5) is 0 Å². The smallest absolute Gasteiger partial charge is 0.0669 e. The van der Waals surface area contributed by atoms with Crippen LogP contribution in [0.25, 0.3) is 0 Å². The van der Waals surface area contributed by atoms with Crippen molar-refractivity contribution in [3.63, 3.8) is 0 Å². The minimum Gasteiger partial charge on any atom is -0.282 e. The molecule has 0 radical (unpaired) electrons. The van der Waals surface area contributed by atoms with E-state index in [1.807, 2.05) is 0 Å². The fourth-order valence-corrected chi connectivity index (χ4v) is 2.04. The van der Waals surface area contributed by atoms with Crippen LogP contribution in [0.5, 0.6) is 0 Å². The van der Waals surface area contributed by atoms with Gasteiger partial charge >= 0.3 is 0 Å². The molecule has 2 rings (SSSR count). The lowest BCUT2D eigenvalue weighted by Crippen LogP contribution is -1.89. The number of halogens is 1. The van der Waals surface area contributed by atoms with Crippen LogP contribution in [0.15, 0.2) is 0 Å². The molecule has 60 valence electrons. The number of fused-ring (bicyclic) bond motifs is 1. The highest BCUT2D eigenvalue weighted by Gasteiger charge is 2.25. The van der Waals surface area contributed by atoms with E-state index in [2.05, 4.69) is 17.1 Å². The number of alkyl halides is 1. The molecule has 1 aliphatic rings. The van der Waals surface area contributed by atoms with Crippen LogP contribution in [0.1, 0.15) is 35.7 Å². The molecular formula is C8H11ClN2. The van der Waals surface area contributed by atoms with E-state index in [9.17, 15) is 0 Å². The van der Waals surface area contributed by atoms with Crippen molar-refractivity contribution in [3.05, 3.63) is 17.0 Å². The monoisotopic (exact) mass is 170 g/mol. The van der Waals surface area contributed by atoms with E-state index in [0.717, 1.165) is 25.0 Å². The van der Waals surface area contributed by atoms with Gasteiger partial charge in [-0.05, 0) is 19.3 Å². The van der Waals surface area contributed by atoms with Gasteiger partial charge in [0.05, 0.1) is 11.1 Å². The Morgan fingerprint density at radius 1 is 1.73 bits per heavy atom. The number of nitrogens with one attached hydrogen (secondary N) is 1. The predicted octanol–water partition coefficient (Wildman–Crippen LogP) is 2.20.